The van der Waals surface area contributed by atoms with Crippen LogP contribution in [0.5, 0.6) is 11.5 Å². The van der Waals surface area contributed by atoms with E-state index in [1.807, 2.05) is 36.4 Å². The van der Waals surface area contributed by atoms with E-state index in [4.69, 9.17) is 4.74 Å². The number of benzene rings is 2. The molecule has 4 heteroatoms. The Hall–Kier alpha value is -2.04. The van der Waals surface area contributed by atoms with Crippen molar-refractivity contribution in [3.8, 4) is 11.5 Å². The van der Waals surface area contributed by atoms with Crippen LogP contribution in [0.1, 0.15) is 30.1 Å². The van der Waals surface area contributed by atoms with Crippen molar-refractivity contribution in [2.24, 2.45) is 5.41 Å². The number of hydrogen-bond acceptors (Lipinski definition) is 4. The maximum atomic E-state index is 10.6. The number of aliphatic hydroxyl groups excluding tert-OH is 1. The highest BCUT2D eigenvalue weighted by Gasteiger charge is 2.48. The summed E-state index contributed by atoms with van der Waals surface area (Å²) in [6.45, 7) is 1.41. The first-order chi connectivity index (χ1) is 11.1. The molecule has 0 spiro atoms. The van der Waals surface area contributed by atoms with Crippen LogP contribution in [0, 0.1) is 5.41 Å². The van der Waals surface area contributed by atoms with Crippen molar-refractivity contribution in [3.63, 3.8) is 0 Å². The van der Waals surface area contributed by atoms with Gasteiger partial charge < -0.3 is 20.3 Å². The van der Waals surface area contributed by atoms with E-state index in [1.54, 1.807) is 12.1 Å². The summed E-state index contributed by atoms with van der Waals surface area (Å²) in [4.78, 5) is 0. The summed E-state index contributed by atoms with van der Waals surface area (Å²) >= 11 is 0. The molecule has 0 heterocycles. The first-order valence-corrected chi connectivity index (χ1v) is 7.94. The minimum absolute atomic E-state index is 0.0597. The van der Waals surface area contributed by atoms with Crippen LogP contribution in [0.2, 0.25) is 0 Å². The lowest BCUT2D eigenvalue weighted by Crippen LogP contribution is -2.28. The first kappa shape index (κ1) is 15.8. The summed E-state index contributed by atoms with van der Waals surface area (Å²) in [5.74, 6) is 0.629. The zero-order valence-corrected chi connectivity index (χ0v) is 13.3. The molecule has 0 saturated heterocycles. The molecule has 1 atom stereocenters. The molecule has 0 aromatic heterocycles. The van der Waals surface area contributed by atoms with Gasteiger partial charge in [0, 0.05) is 18.5 Å². The molecule has 1 saturated carbocycles. The summed E-state index contributed by atoms with van der Waals surface area (Å²) < 4.78 is 5.05. The van der Waals surface area contributed by atoms with Crippen molar-refractivity contribution in [3.05, 3.63) is 59.7 Å². The van der Waals surface area contributed by atoms with Crippen LogP contribution < -0.4 is 10.1 Å². The first-order valence-electron chi connectivity index (χ1n) is 7.94. The van der Waals surface area contributed by atoms with E-state index in [-0.39, 0.29) is 11.2 Å². The SMILES string of the molecule is COc1ccc(CNCC2(C(O)c3ccccc3)CC2)cc1O. The maximum Gasteiger partial charge on any atom is 0.160 e. The number of nitrogens with one attached hydrogen (secondary N) is 1. The molecule has 0 radical (unpaired) electrons. The second kappa shape index (κ2) is 6.60. The summed E-state index contributed by atoms with van der Waals surface area (Å²) in [5, 5.41) is 23.8. The lowest BCUT2D eigenvalue weighted by atomic mass is 9.92. The van der Waals surface area contributed by atoms with Gasteiger partial charge in [-0.1, -0.05) is 36.4 Å². The standard InChI is InChI=1S/C19H23NO3/c1-23-17-8-7-14(11-16(17)21)12-20-13-19(9-10-19)18(22)15-5-3-2-4-6-15/h2-8,11,18,20-22H,9-10,12-13H2,1H3. The predicted octanol–water partition coefficient (Wildman–Crippen LogP) is 3.00. The Balaban J connectivity index is 1.57. The third-order valence-electron chi connectivity index (χ3n) is 4.64. The molecule has 0 bridgehead atoms. The van der Waals surface area contributed by atoms with Gasteiger partial charge in [0.1, 0.15) is 0 Å². The van der Waals surface area contributed by atoms with Gasteiger partial charge in [0.2, 0.25) is 0 Å². The van der Waals surface area contributed by atoms with E-state index in [0.29, 0.717) is 12.3 Å². The van der Waals surface area contributed by atoms with Gasteiger partial charge in [-0.15, -0.1) is 0 Å². The van der Waals surface area contributed by atoms with Crippen LogP contribution in [0.4, 0.5) is 0 Å². The lowest BCUT2D eigenvalue weighted by Gasteiger charge is -2.23. The molecular weight excluding hydrogens is 290 g/mol. The highest BCUT2D eigenvalue weighted by molar-refractivity contribution is 5.41. The van der Waals surface area contributed by atoms with Crippen LogP contribution in [-0.2, 0) is 6.54 Å². The highest BCUT2D eigenvalue weighted by Crippen LogP contribution is 2.54. The summed E-state index contributed by atoms with van der Waals surface area (Å²) in [6, 6.07) is 15.2. The number of rotatable bonds is 7. The zero-order chi connectivity index (χ0) is 16.3. The number of aromatic hydroxyl groups is 1. The van der Waals surface area contributed by atoms with Gasteiger partial charge in [-0.25, -0.2) is 0 Å². The molecule has 122 valence electrons. The molecule has 1 fully saturated rings. The molecule has 0 amide bonds. The second-order valence-electron chi connectivity index (χ2n) is 6.29. The molecule has 2 aromatic carbocycles. The summed E-state index contributed by atoms with van der Waals surface area (Å²) in [7, 11) is 1.54. The molecule has 2 aromatic rings. The van der Waals surface area contributed by atoms with Crippen molar-refractivity contribution in [1.29, 1.82) is 0 Å². The van der Waals surface area contributed by atoms with E-state index in [9.17, 15) is 10.2 Å². The van der Waals surface area contributed by atoms with Gasteiger partial charge in [0.05, 0.1) is 13.2 Å². The van der Waals surface area contributed by atoms with Crippen molar-refractivity contribution in [2.75, 3.05) is 13.7 Å². The van der Waals surface area contributed by atoms with Gasteiger partial charge in [0.15, 0.2) is 11.5 Å². The van der Waals surface area contributed by atoms with Crippen LogP contribution in [-0.4, -0.2) is 23.9 Å². The van der Waals surface area contributed by atoms with Crippen LogP contribution in [0.15, 0.2) is 48.5 Å². The van der Waals surface area contributed by atoms with E-state index < -0.39 is 6.10 Å². The molecule has 0 aliphatic heterocycles. The van der Waals surface area contributed by atoms with E-state index in [1.165, 1.54) is 7.11 Å². The van der Waals surface area contributed by atoms with Gasteiger partial charge in [-0.2, -0.15) is 0 Å². The summed E-state index contributed by atoms with van der Waals surface area (Å²) in [5.41, 5.74) is 1.91. The van der Waals surface area contributed by atoms with E-state index in [0.717, 1.165) is 30.5 Å². The van der Waals surface area contributed by atoms with Crippen molar-refractivity contribution in [1.82, 2.24) is 5.32 Å². The van der Waals surface area contributed by atoms with Crippen molar-refractivity contribution in [2.45, 2.75) is 25.5 Å². The van der Waals surface area contributed by atoms with Crippen LogP contribution in [0.3, 0.4) is 0 Å². The fourth-order valence-electron chi connectivity index (χ4n) is 3.00. The molecule has 1 unspecified atom stereocenters. The largest absolute Gasteiger partial charge is 0.504 e. The van der Waals surface area contributed by atoms with Gasteiger partial charge in [-0.05, 0) is 36.1 Å². The number of aliphatic hydroxyl groups is 1. The monoisotopic (exact) mass is 313 g/mol. The number of phenols is 1. The maximum absolute atomic E-state index is 10.6. The highest BCUT2D eigenvalue weighted by atomic mass is 16.5. The summed E-state index contributed by atoms with van der Waals surface area (Å²) in [6.07, 6.45) is 1.63. The molecule has 1 aliphatic carbocycles. The topological polar surface area (TPSA) is 61.7 Å². The Morgan fingerprint density at radius 3 is 2.52 bits per heavy atom. The Labute approximate surface area is 136 Å². The number of ether oxygens (including phenoxy) is 1. The Kier molecular flexibility index (Phi) is 4.55. The van der Waals surface area contributed by atoms with Crippen LogP contribution in [0.25, 0.3) is 0 Å². The van der Waals surface area contributed by atoms with Crippen molar-refractivity contribution < 1.29 is 14.9 Å². The second-order valence-corrected chi connectivity index (χ2v) is 6.29. The number of phenolic OH excluding ortho intramolecular Hbond substituents is 1. The average molecular weight is 313 g/mol. The van der Waals surface area contributed by atoms with E-state index in [2.05, 4.69) is 5.32 Å². The molecule has 3 rings (SSSR count). The quantitative estimate of drug-likeness (QED) is 0.735. The van der Waals surface area contributed by atoms with Crippen molar-refractivity contribution >= 4 is 0 Å². The number of methoxy groups -OCH3 is 1. The van der Waals surface area contributed by atoms with Gasteiger partial charge >= 0.3 is 0 Å². The minimum Gasteiger partial charge on any atom is -0.504 e. The smallest absolute Gasteiger partial charge is 0.160 e. The fourth-order valence-corrected chi connectivity index (χ4v) is 3.00. The third-order valence-corrected chi connectivity index (χ3v) is 4.64. The predicted molar refractivity (Wildman–Crippen MR) is 89.4 cm³/mol. The molecule has 3 N–H and O–H groups in total. The Morgan fingerprint density at radius 2 is 1.91 bits per heavy atom. The minimum atomic E-state index is -0.430. The normalized spacial score (nSPS) is 16.8. The average Bonchev–Trinajstić information content (AvgIpc) is 3.36. The molecule has 1 aliphatic rings. The molecule has 4 nitrogen and oxygen atoms in total. The Bertz CT molecular complexity index is 653. The fraction of sp³-hybridized carbons (Fsp3) is 0.368. The van der Waals surface area contributed by atoms with Gasteiger partial charge in [0.25, 0.3) is 0 Å². The van der Waals surface area contributed by atoms with Gasteiger partial charge in [-0.3, -0.25) is 0 Å². The molecular formula is C19H23NO3. The number of hydrogen-bond donors (Lipinski definition) is 3. The zero-order valence-electron chi connectivity index (χ0n) is 13.3. The Morgan fingerprint density at radius 1 is 1.17 bits per heavy atom. The third kappa shape index (κ3) is 3.49. The van der Waals surface area contributed by atoms with Crippen LogP contribution >= 0.6 is 0 Å². The molecule has 23 heavy (non-hydrogen) atoms. The lowest BCUT2D eigenvalue weighted by molar-refractivity contribution is 0.0917. The van der Waals surface area contributed by atoms with E-state index >= 15 is 0 Å².